The van der Waals surface area contributed by atoms with Crippen molar-refractivity contribution in [3.05, 3.63) is 24.3 Å². The van der Waals surface area contributed by atoms with Crippen LogP contribution in [0.5, 0.6) is 0 Å². The van der Waals surface area contributed by atoms with E-state index < -0.39 is 12.1 Å². The van der Waals surface area contributed by atoms with E-state index in [4.69, 9.17) is 4.74 Å². The molecule has 6 nitrogen and oxygen atoms in total. The van der Waals surface area contributed by atoms with Gasteiger partial charge in [-0.3, -0.25) is 9.59 Å². The molecule has 0 radical (unpaired) electrons. The monoisotopic (exact) mass is 1040 g/mol. The van der Waals surface area contributed by atoms with E-state index in [1.165, 1.54) is 302 Å². The highest BCUT2D eigenvalue weighted by Crippen LogP contribution is 2.18. The molecule has 0 bridgehead atoms. The minimum absolute atomic E-state index is 0.00880. The molecule has 0 aromatic heterocycles. The molecule has 0 saturated heterocycles. The van der Waals surface area contributed by atoms with Gasteiger partial charge in [0, 0.05) is 12.8 Å². The van der Waals surface area contributed by atoms with Crippen molar-refractivity contribution in [3.8, 4) is 0 Å². The van der Waals surface area contributed by atoms with Gasteiger partial charge in [0.25, 0.3) is 0 Å². The van der Waals surface area contributed by atoms with E-state index in [0.717, 1.165) is 44.9 Å². The molecular weight excluding hydrogens is 911 g/mol. The van der Waals surface area contributed by atoms with Gasteiger partial charge in [-0.1, -0.05) is 327 Å². The number of hydrogen-bond acceptors (Lipinski definition) is 5. The van der Waals surface area contributed by atoms with Crippen molar-refractivity contribution in [2.75, 3.05) is 13.2 Å². The third kappa shape index (κ3) is 59.6. The summed E-state index contributed by atoms with van der Waals surface area (Å²) >= 11 is 0. The maximum Gasteiger partial charge on any atom is 0.305 e. The molecule has 0 aliphatic carbocycles. The van der Waals surface area contributed by atoms with Crippen LogP contribution in [0.1, 0.15) is 373 Å². The van der Waals surface area contributed by atoms with Crippen LogP contribution in [0.2, 0.25) is 0 Å². The maximum absolute atomic E-state index is 12.5. The molecular formula is C68H131NO5. The lowest BCUT2D eigenvalue weighted by atomic mass is 10.0. The number of aliphatic hydroxyl groups excluding tert-OH is 2. The summed E-state index contributed by atoms with van der Waals surface area (Å²) in [4.78, 5) is 24.6. The molecule has 2 atom stereocenters. The van der Waals surface area contributed by atoms with Crippen molar-refractivity contribution >= 4 is 11.9 Å². The Morgan fingerprint density at radius 3 is 0.959 bits per heavy atom. The van der Waals surface area contributed by atoms with Gasteiger partial charge < -0.3 is 20.3 Å². The van der Waals surface area contributed by atoms with Gasteiger partial charge in [0.2, 0.25) is 5.91 Å². The average molecular weight is 1040 g/mol. The zero-order chi connectivity index (χ0) is 53.6. The number of allylic oxidation sites excluding steroid dienone is 3. The smallest absolute Gasteiger partial charge is 0.305 e. The van der Waals surface area contributed by atoms with Crippen molar-refractivity contribution in [3.63, 3.8) is 0 Å². The zero-order valence-corrected chi connectivity index (χ0v) is 50.1. The third-order valence-corrected chi connectivity index (χ3v) is 15.7. The van der Waals surface area contributed by atoms with Gasteiger partial charge in [-0.05, 0) is 57.8 Å². The summed E-state index contributed by atoms with van der Waals surface area (Å²) < 4.78 is 5.50. The van der Waals surface area contributed by atoms with E-state index in [-0.39, 0.29) is 18.5 Å². The Balaban J connectivity index is 3.40. The number of aliphatic hydroxyl groups is 2. The quantitative estimate of drug-likeness (QED) is 0.0320. The molecule has 0 rings (SSSR count). The Hall–Kier alpha value is -1.66. The highest BCUT2D eigenvalue weighted by atomic mass is 16.5. The standard InChI is InChI=1S/C68H131NO5/c1-3-5-7-9-11-13-15-17-19-21-25-29-32-36-40-44-48-52-56-60-66(71)65(64-70)69-67(72)61-57-53-49-45-41-37-33-30-26-23-22-24-27-31-35-39-43-47-51-55-59-63-74-68(73)62-58-54-50-46-42-38-34-28-20-18-16-14-12-10-8-6-4-2/h18,20,56,60,65-66,70-71H,3-17,19,21-55,57-59,61-64H2,1-2H3,(H,69,72)/b20-18-,60-56+. The van der Waals surface area contributed by atoms with E-state index in [2.05, 4.69) is 31.3 Å². The van der Waals surface area contributed by atoms with Crippen LogP contribution in [0.25, 0.3) is 0 Å². The van der Waals surface area contributed by atoms with Gasteiger partial charge >= 0.3 is 5.97 Å². The molecule has 0 aliphatic rings. The van der Waals surface area contributed by atoms with Crippen molar-refractivity contribution in [1.29, 1.82) is 0 Å². The van der Waals surface area contributed by atoms with Crippen LogP contribution in [0.15, 0.2) is 24.3 Å². The average Bonchev–Trinajstić information content (AvgIpc) is 3.40. The van der Waals surface area contributed by atoms with E-state index >= 15 is 0 Å². The van der Waals surface area contributed by atoms with E-state index in [1.54, 1.807) is 6.08 Å². The Morgan fingerprint density at radius 2 is 0.635 bits per heavy atom. The highest BCUT2D eigenvalue weighted by molar-refractivity contribution is 5.76. The minimum atomic E-state index is -0.846. The summed E-state index contributed by atoms with van der Waals surface area (Å²) in [7, 11) is 0. The Bertz CT molecular complexity index is 1150. The first-order valence-electron chi connectivity index (χ1n) is 33.6. The second-order valence-electron chi connectivity index (χ2n) is 23.2. The lowest BCUT2D eigenvalue weighted by molar-refractivity contribution is -0.143. The lowest BCUT2D eigenvalue weighted by Gasteiger charge is -2.20. The fraction of sp³-hybridized carbons (Fsp3) is 0.912. The van der Waals surface area contributed by atoms with Crippen molar-refractivity contribution in [2.24, 2.45) is 0 Å². The van der Waals surface area contributed by atoms with Gasteiger partial charge in [-0.15, -0.1) is 0 Å². The van der Waals surface area contributed by atoms with Crippen molar-refractivity contribution in [2.45, 2.75) is 386 Å². The maximum atomic E-state index is 12.5. The molecule has 1 amide bonds. The summed E-state index contributed by atoms with van der Waals surface area (Å²) in [5.74, 6) is -0.0569. The summed E-state index contributed by atoms with van der Waals surface area (Å²) in [5, 5.41) is 23.2. The topological polar surface area (TPSA) is 95.9 Å². The molecule has 0 aromatic rings. The van der Waals surface area contributed by atoms with E-state index in [0.29, 0.717) is 19.4 Å². The van der Waals surface area contributed by atoms with Crippen LogP contribution >= 0.6 is 0 Å². The van der Waals surface area contributed by atoms with Crippen LogP contribution < -0.4 is 5.32 Å². The number of ether oxygens (including phenoxy) is 1. The number of carbonyl (C=O) groups excluding carboxylic acids is 2. The molecule has 6 heteroatoms. The number of carbonyl (C=O) groups is 2. The fourth-order valence-electron chi connectivity index (χ4n) is 10.6. The number of esters is 1. The van der Waals surface area contributed by atoms with Gasteiger partial charge in [0.05, 0.1) is 25.4 Å². The number of nitrogens with one attached hydrogen (secondary N) is 1. The second-order valence-corrected chi connectivity index (χ2v) is 23.2. The fourth-order valence-corrected chi connectivity index (χ4v) is 10.6. The Morgan fingerprint density at radius 1 is 0.365 bits per heavy atom. The molecule has 438 valence electrons. The SMILES string of the molecule is CCCCCCCC/C=C\CCCCCCCCCC(=O)OCCCCCCCCCCCCCCCCCCCCCCCC(=O)NC(CO)C(O)/C=C/CCCCCCCCCCCCCCCCCCC. The van der Waals surface area contributed by atoms with E-state index in [1.807, 2.05) is 6.08 Å². The zero-order valence-electron chi connectivity index (χ0n) is 50.1. The van der Waals surface area contributed by atoms with Gasteiger partial charge in [-0.2, -0.15) is 0 Å². The van der Waals surface area contributed by atoms with Crippen LogP contribution in [0.3, 0.4) is 0 Å². The molecule has 0 heterocycles. The first-order chi connectivity index (χ1) is 36.5. The lowest BCUT2D eigenvalue weighted by Crippen LogP contribution is -2.45. The molecule has 0 aliphatic heterocycles. The number of amides is 1. The third-order valence-electron chi connectivity index (χ3n) is 15.7. The molecule has 3 N–H and O–H groups in total. The predicted molar refractivity (Wildman–Crippen MR) is 324 cm³/mol. The van der Waals surface area contributed by atoms with Crippen LogP contribution in [0, 0.1) is 0 Å². The summed E-state index contributed by atoms with van der Waals surface area (Å²) in [6, 6.07) is -0.629. The normalized spacial score (nSPS) is 12.6. The Labute approximate surface area is 462 Å². The summed E-state index contributed by atoms with van der Waals surface area (Å²) in [5.41, 5.74) is 0. The summed E-state index contributed by atoms with van der Waals surface area (Å²) in [6.07, 6.45) is 79.5. The number of rotatable bonds is 63. The van der Waals surface area contributed by atoms with Crippen molar-refractivity contribution < 1.29 is 24.5 Å². The molecule has 0 aromatic carbocycles. The largest absolute Gasteiger partial charge is 0.466 e. The Kier molecular flexibility index (Phi) is 62.4. The van der Waals surface area contributed by atoms with Crippen molar-refractivity contribution in [1.82, 2.24) is 5.32 Å². The van der Waals surface area contributed by atoms with Gasteiger partial charge in [0.15, 0.2) is 0 Å². The number of unbranched alkanes of at least 4 members (excludes halogenated alkanes) is 50. The molecule has 2 unspecified atom stereocenters. The summed E-state index contributed by atoms with van der Waals surface area (Å²) in [6.45, 7) is 4.93. The number of hydrogen-bond donors (Lipinski definition) is 3. The van der Waals surface area contributed by atoms with Gasteiger partial charge in [-0.25, -0.2) is 0 Å². The molecule has 0 saturated carbocycles. The highest BCUT2D eigenvalue weighted by Gasteiger charge is 2.18. The first-order valence-corrected chi connectivity index (χ1v) is 33.6. The molecule has 0 spiro atoms. The van der Waals surface area contributed by atoms with Crippen LogP contribution in [-0.2, 0) is 14.3 Å². The van der Waals surface area contributed by atoms with Crippen LogP contribution in [-0.4, -0.2) is 47.4 Å². The van der Waals surface area contributed by atoms with Crippen LogP contribution in [0.4, 0.5) is 0 Å². The first kappa shape index (κ1) is 72.3. The molecule has 74 heavy (non-hydrogen) atoms. The predicted octanol–water partition coefficient (Wildman–Crippen LogP) is 21.4. The second kappa shape index (κ2) is 63.9. The van der Waals surface area contributed by atoms with Gasteiger partial charge in [0.1, 0.15) is 0 Å². The minimum Gasteiger partial charge on any atom is -0.466 e. The molecule has 0 fully saturated rings. The van der Waals surface area contributed by atoms with E-state index in [9.17, 15) is 19.8 Å².